The van der Waals surface area contributed by atoms with Gasteiger partial charge in [-0.3, -0.25) is 14.4 Å². The Morgan fingerprint density at radius 2 is 1.84 bits per heavy atom. The number of rotatable bonds is 10. The molecule has 3 N–H and O–H groups in total. The predicted molar refractivity (Wildman–Crippen MR) is 148 cm³/mol. The highest BCUT2D eigenvalue weighted by Gasteiger charge is 2.77. The first-order chi connectivity index (χ1) is 18.3. The van der Waals surface area contributed by atoms with Gasteiger partial charge in [-0.25, -0.2) is 0 Å². The van der Waals surface area contributed by atoms with Crippen LogP contribution in [0.4, 0.5) is 5.69 Å². The Bertz CT molecular complexity index is 1050. The Morgan fingerprint density at radius 1 is 1.11 bits per heavy atom. The topological polar surface area (TPSA) is 108 Å². The van der Waals surface area contributed by atoms with E-state index in [1.807, 2.05) is 31.2 Å². The lowest BCUT2D eigenvalue weighted by atomic mass is 9.66. The Labute approximate surface area is 229 Å². The van der Waals surface area contributed by atoms with E-state index in [1.54, 1.807) is 16.7 Å². The SMILES string of the molecule is CCOc1ccc(NC(=O)[C@H]2[C@H]3C(=O)N(CCCCO)C(C(=O)NC4CCCCC4)C34CC[C@]2(C)S4)cc1. The van der Waals surface area contributed by atoms with Crippen LogP contribution in [0.1, 0.15) is 71.6 Å². The van der Waals surface area contributed by atoms with Crippen LogP contribution in [0.3, 0.4) is 0 Å². The number of aliphatic hydroxyl groups is 1. The van der Waals surface area contributed by atoms with Crippen LogP contribution in [0.5, 0.6) is 5.75 Å². The first kappa shape index (κ1) is 27.3. The summed E-state index contributed by atoms with van der Waals surface area (Å²) in [7, 11) is 0. The van der Waals surface area contributed by atoms with E-state index >= 15 is 0 Å². The first-order valence-electron chi connectivity index (χ1n) is 14.3. The van der Waals surface area contributed by atoms with E-state index < -0.39 is 27.4 Å². The second kappa shape index (κ2) is 11.1. The fraction of sp³-hybridized carbons (Fsp3) is 0.690. The summed E-state index contributed by atoms with van der Waals surface area (Å²) in [5.41, 5.74) is 0.667. The van der Waals surface area contributed by atoms with Crippen LogP contribution in [0.2, 0.25) is 0 Å². The van der Waals surface area contributed by atoms with Crippen molar-refractivity contribution in [3.05, 3.63) is 24.3 Å². The maximum Gasteiger partial charge on any atom is 0.244 e. The van der Waals surface area contributed by atoms with Crippen molar-refractivity contribution >= 4 is 35.2 Å². The van der Waals surface area contributed by atoms with Crippen molar-refractivity contribution in [1.82, 2.24) is 10.2 Å². The van der Waals surface area contributed by atoms with Gasteiger partial charge in [0.1, 0.15) is 11.8 Å². The van der Waals surface area contributed by atoms with E-state index in [9.17, 15) is 19.5 Å². The van der Waals surface area contributed by atoms with Crippen LogP contribution in [-0.4, -0.2) is 69.1 Å². The van der Waals surface area contributed by atoms with Gasteiger partial charge in [-0.1, -0.05) is 19.3 Å². The third-order valence-corrected chi connectivity index (χ3v) is 11.0. The molecule has 1 spiro atoms. The third-order valence-electron chi connectivity index (χ3n) is 9.00. The van der Waals surface area contributed by atoms with Crippen LogP contribution >= 0.6 is 11.8 Å². The summed E-state index contributed by atoms with van der Waals surface area (Å²) >= 11 is 1.70. The molecule has 1 saturated carbocycles. The minimum Gasteiger partial charge on any atom is -0.494 e. The van der Waals surface area contributed by atoms with Crippen molar-refractivity contribution in [3.63, 3.8) is 0 Å². The lowest BCUT2D eigenvalue weighted by Crippen LogP contribution is -2.55. The van der Waals surface area contributed by atoms with Crippen LogP contribution < -0.4 is 15.4 Å². The molecule has 1 aromatic carbocycles. The highest BCUT2D eigenvalue weighted by molar-refractivity contribution is 8.02. The van der Waals surface area contributed by atoms with Gasteiger partial charge in [-0.15, -0.1) is 11.8 Å². The van der Waals surface area contributed by atoms with Crippen molar-refractivity contribution in [2.24, 2.45) is 11.8 Å². The smallest absolute Gasteiger partial charge is 0.244 e. The van der Waals surface area contributed by atoms with E-state index in [-0.39, 0.29) is 30.4 Å². The number of carbonyl (C=O) groups is 3. The maximum atomic E-state index is 14.1. The predicted octanol–water partition coefficient (Wildman–Crippen LogP) is 3.73. The maximum absolute atomic E-state index is 14.1. The molecule has 4 fully saturated rings. The standard InChI is InChI=1S/C29H41N3O5S/c1-3-37-21-13-11-20(12-14-21)30-25(34)22-23-27(36)32(17-7-8-18-33)24(29(23)16-15-28(22,2)38-29)26(35)31-19-9-5-4-6-10-19/h11-14,19,22-24,33H,3-10,15-18H2,1-2H3,(H,30,34)(H,31,35)/t22-,23+,24?,28+,29?/m1/s1. The lowest BCUT2D eigenvalue weighted by Gasteiger charge is -2.36. The van der Waals surface area contributed by atoms with Gasteiger partial charge in [0, 0.05) is 29.6 Å². The average molecular weight is 544 g/mol. The molecule has 3 saturated heterocycles. The second-order valence-electron chi connectivity index (χ2n) is 11.5. The van der Waals surface area contributed by atoms with Gasteiger partial charge >= 0.3 is 0 Å². The molecule has 4 aliphatic rings. The summed E-state index contributed by atoms with van der Waals surface area (Å²) in [4.78, 5) is 43.5. The molecule has 0 aromatic heterocycles. The van der Waals surface area contributed by atoms with Crippen molar-refractivity contribution in [2.75, 3.05) is 25.1 Å². The highest BCUT2D eigenvalue weighted by atomic mass is 32.2. The first-order valence-corrected chi connectivity index (χ1v) is 15.1. The van der Waals surface area contributed by atoms with E-state index in [4.69, 9.17) is 4.74 Å². The van der Waals surface area contributed by atoms with Crippen LogP contribution in [0.15, 0.2) is 24.3 Å². The minimum absolute atomic E-state index is 0.0511. The highest BCUT2D eigenvalue weighted by Crippen LogP contribution is 2.71. The number of hydrogen-bond donors (Lipinski definition) is 3. The number of aliphatic hydroxyl groups excluding tert-OH is 1. The Morgan fingerprint density at radius 3 is 2.53 bits per heavy atom. The zero-order valence-corrected chi connectivity index (χ0v) is 23.4. The fourth-order valence-electron chi connectivity index (χ4n) is 7.31. The Hall–Kier alpha value is -2.26. The molecule has 3 amide bonds. The zero-order chi connectivity index (χ0) is 26.9. The Kier molecular flexibility index (Phi) is 7.96. The summed E-state index contributed by atoms with van der Waals surface area (Å²) in [6.07, 6.45) is 8.13. The number of anilines is 1. The van der Waals surface area contributed by atoms with Gasteiger partial charge < -0.3 is 25.4 Å². The number of nitrogens with zero attached hydrogens (tertiary/aromatic N) is 1. The van der Waals surface area contributed by atoms with E-state index in [0.29, 0.717) is 31.7 Å². The molecule has 1 aromatic rings. The molecule has 9 heteroatoms. The molecule has 2 unspecified atom stereocenters. The van der Waals surface area contributed by atoms with E-state index in [2.05, 4.69) is 17.6 Å². The molecule has 38 heavy (non-hydrogen) atoms. The largest absolute Gasteiger partial charge is 0.494 e. The molecule has 3 aliphatic heterocycles. The summed E-state index contributed by atoms with van der Waals surface area (Å²) in [5, 5.41) is 15.7. The van der Waals surface area contributed by atoms with Crippen LogP contribution in [0, 0.1) is 11.8 Å². The van der Waals surface area contributed by atoms with Crippen LogP contribution in [-0.2, 0) is 14.4 Å². The number of benzene rings is 1. The summed E-state index contributed by atoms with van der Waals surface area (Å²) in [5.74, 6) is -0.634. The quantitative estimate of drug-likeness (QED) is 0.388. The molecule has 8 nitrogen and oxygen atoms in total. The number of nitrogens with one attached hydrogen (secondary N) is 2. The molecule has 3 heterocycles. The van der Waals surface area contributed by atoms with Gasteiger partial charge in [0.15, 0.2) is 0 Å². The lowest BCUT2D eigenvalue weighted by molar-refractivity contribution is -0.139. The number of ether oxygens (including phenoxy) is 1. The molecule has 2 bridgehead atoms. The number of unbranched alkanes of at least 4 members (excludes halogenated alkanes) is 1. The summed E-state index contributed by atoms with van der Waals surface area (Å²) in [6, 6.07) is 6.86. The third kappa shape index (κ3) is 4.81. The Balaban J connectivity index is 1.41. The molecule has 208 valence electrons. The van der Waals surface area contributed by atoms with Crippen molar-refractivity contribution in [2.45, 2.75) is 93.2 Å². The molecule has 5 atom stereocenters. The molecule has 1 aliphatic carbocycles. The van der Waals surface area contributed by atoms with Crippen LogP contribution in [0.25, 0.3) is 0 Å². The van der Waals surface area contributed by atoms with E-state index in [0.717, 1.165) is 44.3 Å². The molecular formula is C29H41N3O5S. The van der Waals surface area contributed by atoms with Gasteiger partial charge in [0.25, 0.3) is 0 Å². The number of thioether (sulfide) groups is 1. The number of hydrogen-bond acceptors (Lipinski definition) is 6. The monoisotopic (exact) mass is 543 g/mol. The van der Waals surface area contributed by atoms with Gasteiger partial charge in [-0.05, 0) is 76.6 Å². The summed E-state index contributed by atoms with van der Waals surface area (Å²) < 4.78 is 4.50. The van der Waals surface area contributed by atoms with Gasteiger partial charge in [0.2, 0.25) is 17.7 Å². The van der Waals surface area contributed by atoms with E-state index in [1.165, 1.54) is 6.42 Å². The van der Waals surface area contributed by atoms with Crippen molar-refractivity contribution in [3.8, 4) is 5.75 Å². The molecule has 0 radical (unpaired) electrons. The van der Waals surface area contributed by atoms with Crippen molar-refractivity contribution < 1.29 is 24.2 Å². The fourth-order valence-corrected chi connectivity index (χ4v) is 9.67. The second-order valence-corrected chi connectivity index (χ2v) is 13.4. The number of amides is 3. The molecule has 5 rings (SSSR count). The normalized spacial score (nSPS) is 32.3. The zero-order valence-electron chi connectivity index (χ0n) is 22.5. The minimum atomic E-state index is -0.607. The van der Waals surface area contributed by atoms with Gasteiger partial charge in [0.05, 0.1) is 23.2 Å². The number of fused-ring (bicyclic) bond motifs is 1. The van der Waals surface area contributed by atoms with Crippen molar-refractivity contribution in [1.29, 1.82) is 0 Å². The molecular weight excluding hydrogens is 502 g/mol. The number of carbonyl (C=O) groups excluding carboxylic acids is 3. The van der Waals surface area contributed by atoms with Gasteiger partial charge in [-0.2, -0.15) is 0 Å². The number of likely N-dealkylation sites (tertiary alicyclic amines) is 1. The summed E-state index contributed by atoms with van der Waals surface area (Å²) in [6.45, 7) is 5.06. The average Bonchev–Trinajstić information content (AvgIpc) is 3.47.